The van der Waals surface area contributed by atoms with Crippen molar-refractivity contribution in [1.82, 2.24) is 9.97 Å². The predicted molar refractivity (Wildman–Crippen MR) is 52.6 cm³/mol. The second-order valence-electron chi connectivity index (χ2n) is 3.56. The molecule has 2 heterocycles. The predicted octanol–water partition coefficient (Wildman–Crippen LogP) is 0.966. The van der Waals surface area contributed by atoms with Gasteiger partial charge in [-0.15, -0.1) is 0 Å². The molecule has 13 heavy (non-hydrogen) atoms. The fraction of sp³-hybridized carbons (Fsp3) is 0.556. The number of hydrogen-bond acceptors (Lipinski definition) is 4. The van der Waals surface area contributed by atoms with Gasteiger partial charge in [0.05, 0.1) is 0 Å². The van der Waals surface area contributed by atoms with Crippen LogP contribution in [0.1, 0.15) is 19.0 Å². The minimum Gasteiger partial charge on any atom is -0.368 e. The minimum absolute atomic E-state index is 0.370. The quantitative estimate of drug-likeness (QED) is 0.696. The molecule has 1 fully saturated rings. The standard InChI is InChI=1S/C9H14N4/c1-6-5-8(12-9(10)11-6)13-4-3-7(13)2/h5,7H,3-4H2,1-2H3,(H2,10,11,12). The molecule has 0 radical (unpaired) electrons. The summed E-state index contributed by atoms with van der Waals surface area (Å²) in [4.78, 5) is 10.5. The summed E-state index contributed by atoms with van der Waals surface area (Å²) in [6.07, 6.45) is 1.24. The van der Waals surface area contributed by atoms with Crippen molar-refractivity contribution < 1.29 is 0 Å². The van der Waals surface area contributed by atoms with Gasteiger partial charge in [-0.2, -0.15) is 4.98 Å². The first-order valence-corrected chi connectivity index (χ1v) is 4.54. The van der Waals surface area contributed by atoms with Crippen LogP contribution in [0, 0.1) is 6.92 Å². The molecule has 0 bridgehead atoms. The Balaban J connectivity index is 2.29. The highest BCUT2D eigenvalue weighted by atomic mass is 15.3. The Morgan fingerprint density at radius 1 is 1.54 bits per heavy atom. The molecule has 1 saturated heterocycles. The monoisotopic (exact) mass is 178 g/mol. The Hall–Kier alpha value is -1.32. The Morgan fingerprint density at radius 3 is 2.77 bits per heavy atom. The highest BCUT2D eigenvalue weighted by Gasteiger charge is 2.24. The number of nitrogens with two attached hydrogens (primary N) is 1. The van der Waals surface area contributed by atoms with Gasteiger partial charge in [0.1, 0.15) is 5.82 Å². The third kappa shape index (κ3) is 1.43. The van der Waals surface area contributed by atoms with Crippen LogP contribution in [0.25, 0.3) is 0 Å². The number of aryl methyl sites for hydroxylation is 1. The molecule has 1 unspecified atom stereocenters. The van der Waals surface area contributed by atoms with Gasteiger partial charge in [0, 0.05) is 24.3 Å². The van der Waals surface area contributed by atoms with Crippen LogP contribution in [0.5, 0.6) is 0 Å². The highest BCUT2D eigenvalue weighted by molar-refractivity contribution is 5.46. The maximum Gasteiger partial charge on any atom is 0.222 e. The van der Waals surface area contributed by atoms with Crippen molar-refractivity contribution in [2.24, 2.45) is 0 Å². The van der Waals surface area contributed by atoms with Gasteiger partial charge in [-0.25, -0.2) is 4.98 Å². The molecule has 1 aliphatic heterocycles. The zero-order chi connectivity index (χ0) is 9.42. The van der Waals surface area contributed by atoms with Gasteiger partial charge < -0.3 is 10.6 Å². The zero-order valence-electron chi connectivity index (χ0n) is 7.99. The van der Waals surface area contributed by atoms with Gasteiger partial charge >= 0.3 is 0 Å². The Morgan fingerprint density at radius 2 is 2.31 bits per heavy atom. The first-order valence-electron chi connectivity index (χ1n) is 4.54. The van der Waals surface area contributed by atoms with E-state index in [0.717, 1.165) is 18.1 Å². The number of rotatable bonds is 1. The summed E-state index contributed by atoms with van der Waals surface area (Å²) in [7, 11) is 0. The van der Waals surface area contributed by atoms with Crippen LogP contribution in [0.2, 0.25) is 0 Å². The van der Waals surface area contributed by atoms with Gasteiger partial charge in [-0.1, -0.05) is 0 Å². The molecule has 1 aromatic rings. The molecule has 1 aliphatic rings. The fourth-order valence-corrected chi connectivity index (χ4v) is 1.58. The normalized spacial score (nSPS) is 21.4. The van der Waals surface area contributed by atoms with E-state index in [2.05, 4.69) is 21.8 Å². The molecule has 2 rings (SSSR count). The van der Waals surface area contributed by atoms with E-state index in [0.29, 0.717) is 12.0 Å². The van der Waals surface area contributed by atoms with Crippen LogP contribution in [-0.4, -0.2) is 22.6 Å². The van der Waals surface area contributed by atoms with Crippen molar-refractivity contribution >= 4 is 11.8 Å². The van der Waals surface area contributed by atoms with Crippen molar-refractivity contribution in [3.8, 4) is 0 Å². The van der Waals surface area contributed by atoms with Crippen LogP contribution >= 0.6 is 0 Å². The van der Waals surface area contributed by atoms with E-state index >= 15 is 0 Å². The number of anilines is 2. The number of aromatic nitrogens is 2. The van der Waals surface area contributed by atoms with Crippen LogP contribution in [0.4, 0.5) is 11.8 Å². The SMILES string of the molecule is Cc1cc(N2CCC2C)nc(N)n1. The summed E-state index contributed by atoms with van der Waals surface area (Å²) in [5.41, 5.74) is 6.50. The molecule has 2 N–H and O–H groups in total. The van der Waals surface area contributed by atoms with Gasteiger partial charge in [0.15, 0.2) is 0 Å². The average molecular weight is 178 g/mol. The van der Waals surface area contributed by atoms with E-state index in [9.17, 15) is 0 Å². The van der Waals surface area contributed by atoms with Crippen molar-refractivity contribution in [1.29, 1.82) is 0 Å². The molecule has 4 nitrogen and oxygen atoms in total. The van der Waals surface area contributed by atoms with Crippen molar-refractivity contribution in [3.05, 3.63) is 11.8 Å². The molecule has 4 heteroatoms. The average Bonchev–Trinajstić information content (AvgIpc) is 1.99. The zero-order valence-corrected chi connectivity index (χ0v) is 7.99. The van der Waals surface area contributed by atoms with Crippen LogP contribution < -0.4 is 10.6 Å². The maximum absolute atomic E-state index is 5.57. The topological polar surface area (TPSA) is 55.0 Å². The lowest BCUT2D eigenvalue weighted by atomic mass is 10.1. The number of nitrogen functional groups attached to an aromatic ring is 1. The molecule has 1 atom stereocenters. The molecule has 0 saturated carbocycles. The van der Waals surface area contributed by atoms with E-state index < -0.39 is 0 Å². The van der Waals surface area contributed by atoms with E-state index in [4.69, 9.17) is 5.73 Å². The van der Waals surface area contributed by atoms with E-state index in [1.54, 1.807) is 0 Å². The summed E-state index contributed by atoms with van der Waals surface area (Å²) in [6, 6.07) is 2.57. The highest BCUT2D eigenvalue weighted by Crippen LogP contribution is 2.24. The Kier molecular flexibility index (Phi) is 1.83. The lowest BCUT2D eigenvalue weighted by Gasteiger charge is -2.39. The summed E-state index contributed by atoms with van der Waals surface area (Å²) >= 11 is 0. The van der Waals surface area contributed by atoms with Crippen LogP contribution in [0.15, 0.2) is 6.07 Å². The molecular weight excluding hydrogens is 164 g/mol. The lowest BCUT2D eigenvalue weighted by molar-refractivity contribution is 0.476. The molecule has 0 aliphatic carbocycles. The number of hydrogen-bond donors (Lipinski definition) is 1. The van der Waals surface area contributed by atoms with E-state index in [-0.39, 0.29) is 0 Å². The van der Waals surface area contributed by atoms with Gasteiger partial charge in [-0.3, -0.25) is 0 Å². The third-order valence-corrected chi connectivity index (χ3v) is 2.47. The molecular formula is C9H14N4. The second kappa shape index (κ2) is 2.87. The van der Waals surface area contributed by atoms with Crippen molar-refractivity contribution in [2.75, 3.05) is 17.2 Å². The second-order valence-corrected chi connectivity index (χ2v) is 3.56. The van der Waals surface area contributed by atoms with Gasteiger partial charge in [-0.05, 0) is 20.3 Å². The Labute approximate surface area is 77.8 Å². The first kappa shape index (κ1) is 8.29. The maximum atomic E-state index is 5.57. The largest absolute Gasteiger partial charge is 0.368 e. The van der Waals surface area contributed by atoms with Crippen molar-refractivity contribution in [2.45, 2.75) is 26.3 Å². The molecule has 70 valence electrons. The fourth-order valence-electron chi connectivity index (χ4n) is 1.58. The van der Waals surface area contributed by atoms with Crippen LogP contribution in [-0.2, 0) is 0 Å². The third-order valence-electron chi connectivity index (χ3n) is 2.47. The van der Waals surface area contributed by atoms with Gasteiger partial charge in [0.2, 0.25) is 5.95 Å². The van der Waals surface area contributed by atoms with E-state index in [1.165, 1.54) is 6.42 Å². The first-order chi connectivity index (χ1) is 6.16. The summed E-state index contributed by atoms with van der Waals surface area (Å²) in [6.45, 7) is 5.21. The summed E-state index contributed by atoms with van der Waals surface area (Å²) in [5, 5.41) is 0. The summed E-state index contributed by atoms with van der Waals surface area (Å²) < 4.78 is 0. The van der Waals surface area contributed by atoms with Gasteiger partial charge in [0.25, 0.3) is 0 Å². The van der Waals surface area contributed by atoms with Crippen LogP contribution in [0.3, 0.4) is 0 Å². The molecule has 0 amide bonds. The molecule has 0 spiro atoms. The van der Waals surface area contributed by atoms with E-state index in [1.807, 2.05) is 13.0 Å². The molecule has 1 aromatic heterocycles. The number of nitrogens with zero attached hydrogens (tertiary/aromatic N) is 3. The minimum atomic E-state index is 0.370. The van der Waals surface area contributed by atoms with Crippen molar-refractivity contribution in [3.63, 3.8) is 0 Å². The molecule has 0 aromatic carbocycles. The smallest absolute Gasteiger partial charge is 0.222 e. The Bertz CT molecular complexity index is 303. The lowest BCUT2D eigenvalue weighted by Crippen LogP contribution is -2.46. The summed E-state index contributed by atoms with van der Waals surface area (Å²) in [5.74, 6) is 1.33.